The van der Waals surface area contributed by atoms with Crippen molar-refractivity contribution in [2.45, 2.75) is 18.4 Å². The van der Waals surface area contributed by atoms with Crippen molar-refractivity contribution in [3.05, 3.63) is 102 Å². The van der Waals surface area contributed by atoms with Crippen LogP contribution in [0, 0.1) is 6.92 Å². The maximum atomic E-state index is 10.4. The Balaban J connectivity index is 0.000000197. The summed E-state index contributed by atoms with van der Waals surface area (Å²) in [6.07, 6.45) is 6.00. The molecule has 1 aromatic heterocycles. The fourth-order valence-electron chi connectivity index (χ4n) is 2.21. The zero-order chi connectivity index (χ0) is 19.0. The number of aromatic nitrogens is 1. The molecule has 3 aromatic rings. The maximum absolute atomic E-state index is 10.4. The second kappa shape index (κ2) is 9.08. The third-order valence-corrected chi connectivity index (χ3v) is 4.52. The van der Waals surface area contributed by atoms with Gasteiger partial charge in [0.15, 0.2) is 18.9 Å². The molecule has 0 aliphatic rings. The normalized spacial score (nSPS) is 10.5. The second-order valence-electron chi connectivity index (χ2n) is 5.76. The minimum Gasteiger partial charge on any atom is -0.744 e. The van der Waals surface area contributed by atoms with Crippen LogP contribution in [-0.2, 0) is 16.7 Å². The molecular formula is C21H21NO3S. The van der Waals surface area contributed by atoms with Crippen molar-refractivity contribution < 1.29 is 17.5 Å². The fourth-order valence-corrected chi connectivity index (χ4v) is 2.68. The summed E-state index contributed by atoms with van der Waals surface area (Å²) in [4.78, 5) is -0.178. The van der Waals surface area contributed by atoms with Crippen LogP contribution in [0.4, 0.5) is 0 Å². The van der Waals surface area contributed by atoms with Crippen LogP contribution < -0.4 is 4.57 Å². The number of rotatable bonds is 4. The number of benzene rings is 2. The molecule has 0 aliphatic carbocycles. The molecule has 0 spiro atoms. The number of hydrogen-bond donors (Lipinski definition) is 0. The maximum Gasteiger partial charge on any atom is 0.173 e. The molecule has 3 rings (SSSR count). The molecular weight excluding hydrogens is 346 g/mol. The first-order chi connectivity index (χ1) is 12.4. The van der Waals surface area contributed by atoms with E-state index in [2.05, 4.69) is 59.9 Å². The van der Waals surface area contributed by atoms with Crippen LogP contribution in [0.3, 0.4) is 0 Å². The lowest BCUT2D eigenvalue weighted by Crippen LogP contribution is -2.32. The summed E-state index contributed by atoms with van der Waals surface area (Å²) in [5.41, 5.74) is 3.39. The largest absolute Gasteiger partial charge is 0.744 e. The van der Waals surface area contributed by atoms with E-state index in [4.69, 9.17) is 0 Å². The fraction of sp³-hybridized carbons (Fsp3) is 0.0952. The molecule has 0 unspecified atom stereocenters. The Morgan fingerprint density at radius 1 is 0.962 bits per heavy atom. The zero-order valence-corrected chi connectivity index (χ0v) is 15.4. The Bertz CT molecular complexity index is 933. The highest BCUT2D eigenvalue weighted by Gasteiger charge is 2.00. The summed E-state index contributed by atoms with van der Waals surface area (Å²) in [7, 11) is -4.27. The van der Waals surface area contributed by atoms with Crippen LogP contribution in [0.15, 0.2) is 90.6 Å². The van der Waals surface area contributed by atoms with Gasteiger partial charge in [-0.05, 0) is 24.6 Å². The van der Waals surface area contributed by atoms with E-state index >= 15 is 0 Å². The minimum absolute atomic E-state index is 0.178. The lowest BCUT2D eigenvalue weighted by atomic mass is 10.2. The van der Waals surface area contributed by atoms with Crippen LogP contribution in [0.2, 0.25) is 0 Å². The first-order valence-electron chi connectivity index (χ1n) is 8.06. The first kappa shape index (κ1) is 19.6. The van der Waals surface area contributed by atoms with Gasteiger partial charge < -0.3 is 4.55 Å². The Morgan fingerprint density at radius 2 is 1.54 bits per heavy atom. The van der Waals surface area contributed by atoms with Crippen molar-refractivity contribution in [2.24, 2.45) is 0 Å². The molecule has 2 aromatic carbocycles. The van der Waals surface area contributed by atoms with Gasteiger partial charge in [0.1, 0.15) is 10.1 Å². The standard InChI is InChI=1S/C14H14N.C7H8O3S/c1-2-13-8-10-15(11-9-13)12-14-6-4-3-5-7-14;1-6-2-4-7(5-3-6)11(8,9)10/h2-11H,1,12H2;2-5H,1H3,(H,8,9,10)/q+1;/p-1. The van der Waals surface area contributed by atoms with Gasteiger partial charge in [0.05, 0.1) is 4.90 Å². The average Bonchev–Trinajstić information content (AvgIpc) is 2.63. The number of hydrogen-bond acceptors (Lipinski definition) is 3. The molecule has 0 N–H and O–H groups in total. The summed E-state index contributed by atoms with van der Waals surface area (Å²) in [5, 5.41) is 0. The van der Waals surface area contributed by atoms with Gasteiger partial charge >= 0.3 is 0 Å². The van der Waals surface area contributed by atoms with E-state index in [1.165, 1.54) is 17.7 Å². The molecule has 0 amide bonds. The molecule has 0 bridgehead atoms. The third kappa shape index (κ3) is 6.27. The monoisotopic (exact) mass is 367 g/mol. The molecule has 134 valence electrons. The predicted octanol–water partition coefficient (Wildman–Crippen LogP) is 3.56. The lowest BCUT2D eigenvalue weighted by molar-refractivity contribution is -0.688. The van der Waals surface area contributed by atoms with Gasteiger partial charge in [0, 0.05) is 17.7 Å². The smallest absolute Gasteiger partial charge is 0.173 e. The number of aryl methyl sites for hydroxylation is 1. The van der Waals surface area contributed by atoms with Gasteiger partial charge in [-0.15, -0.1) is 0 Å². The molecule has 0 fully saturated rings. The number of pyridine rings is 1. The Kier molecular flexibility index (Phi) is 6.83. The minimum atomic E-state index is -4.27. The Hall–Kier alpha value is -2.76. The molecule has 5 heteroatoms. The lowest BCUT2D eigenvalue weighted by Gasteiger charge is -2.05. The molecule has 1 heterocycles. The van der Waals surface area contributed by atoms with E-state index in [0.717, 1.165) is 17.7 Å². The van der Waals surface area contributed by atoms with E-state index < -0.39 is 10.1 Å². The van der Waals surface area contributed by atoms with Crippen LogP contribution in [0.5, 0.6) is 0 Å². The van der Waals surface area contributed by atoms with Gasteiger partial charge in [-0.2, -0.15) is 0 Å². The van der Waals surface area contributed by atoms with Crippen LogP contribution >= 0.6 is 0 Å². The Labute approximate surface area is 154 Å². The summed E-state index contributed by atoms with van der Waals surface area (Å²) in [6, 6.07) is 20.3. The van der Waals surface area contributed by atoms with Crippen molar-refractivity contribution in [3.63, 3.8) is 0 Å². The first-order valence-corrected chi connectivity index (χ1v) is 9.47. The topological polar surface area (TPSA) is 61.1 Å². The van der Waals surface area contributed by atoms with E-state index in [1.54, 1.807) is 12.1 Å². The molecule has 4 nitrogen and oxygen atoms in total. The van der Waals surface area contributed by atoms with Gasteiger partial charge in [0.2, 0.25) is 0 Å². The quantitative estimate of drug-likeness (QED) is 0.523. The average molecular weight is 367 g/mol. The van der Waals surface area contributed by atoms with Crippen molar-refractivity contribution in [3.8, 4) is 0 Å². The predicted molar refractivity (Wildman–Crippen MR) is 101 cm³/mol. The highest BCUT2D eigenvalue weighted by Crippen LogP contribution is 2.08. The SMILES string of the molecule is C=Cc1cc[n+](Cc2ccccc2)cc1.Cc1ccc(S(=O)(=O)[O-])cc1. The Morgan fingerprint density at radius 3 is 2.04 bits per heavy atom. The highest BCUT2D eigenvalue weighted by atomic mass is 32.2. The van der Waals surface area contributed by atoms with Gasteiger partial charge in [0.25, 0.3) is 0 Å². The molecule has 0 atom stereocenters. The van der Waals surface area contributed by atoms with Crippen molar-refractivity contribution >= 4 is 16.2 Å². The summed E-state index contributed by atoms with van der Waals surface area (Å²) in [5.74, 6) is 0. The van der Waals surface area contributed by atoms with E-state index in [9.17, 15) is 13.0 Å². The zero-order valence-electron chi connectivity index (χ0n) is 14.6. The van der Waals surface area contributed by atoms with Gasteiger partial charge in [-0.1, -0.05) is 60.7 Å². The van der Waals surface area contributed by atoms with Crippen molar-refractivity contribution in [1.82, 2.24) is 0 Å². The highest BCUT2D eigenvalue weighted by molar-refractivity contribution is 7.85. The van der Waals surface area contributed by atoms with Crippen LogP contribution in [0.1, 0.15) is 16.7 Å². The summed E-state index contributed by atoms with van der Waals surface area (Å²) in [6.45, 7) is 6.47. The van der Waals surface area contributed by atoms with E-state index in [-0.39, 0.29) is 4.90 Å². The molecule has 0 radical (unpaired) electrons. The third-order valence-electron chi connectivity index (χ3n) is 3.67. The molecule has 0 aliphatic heterocycles. The molecule has 0 saturated carbocycles. The van der Waals surface area contributed by atoms with Crippen molar-refractivity contribution in [2.75, 3.05) is 0 Å². The van der Waals surface area contributed by atoms with Gasteiger partial charge in [-0.3, -0.25) is 0 Å². The van der Waals surface area contributed by atoms with Crippen LogP contribution in [0.25, 0.3) is 6.08 Å². The van der Waals surface area contributed by atoms with Gasteiger partial charge in [-0.25, -0.2) is 13.0 Å². The van der Waals surface area contributed by atoms with E-state index in [0.29, 0.717) is 0 Å². The molecule has 26 heavy (non-hydrogen) atoms. The van der Waals surface area contributed by atoms with E-state index in [1.807, 2.05) is 19.1 Å². The van der Waals surface area contributed by atoms with Crippen LogP contribution in [-0.4, -0.2) is 13.0 Å². The van der Waals surface area contributed by atoms with Crippen molar-refractivity contribution in [1.29, 1.82) is 0 Å². The summed E-state index contributed by atoms with van der Waals surface area (Å²) >= 11 is 0. The molecule has 0 saturated heterocycles. The summed E-state index contributed by atoms with van der Waals surface area (Å²) < 4.78 is 33.3. The second-order valence-corrected chi connectivity index (χ2v) is 7.14. The number of nitrogens with zero attached hydrogens (tertiary/aromatic N) is 1.